The molecule has 5 rings (SSSR count). The Balaban J connectivity index is 1.18. The van der Waals surface area contributed by atoms with Gasteiger partial charge in [-0.3, -0.25) is 4.79 Å². The van der Waals surface area contributed by atoms with Crippen LogP contribution in [0, 0.1) is 5.92 Å². The average molecular weight is 404 g/mol. The molecule has 0 bridgehead atoms. The molecule has 0 unspecified atom stereocenters. The van der Waals surface area contributed by atoms with Crippen LogP contribution in [0.4, 0.5) is 5.69 Å². The lowest BCUT2D eigenvalue weighted by Gasteiger charge is -2.34. The Morgan fingerprint density at radius 2 is 1.97 bits per heavy atom. The van der Waals surface area contributed by atoms with E-state index < -0.39 is 0 Å². The van der Waals surface area contributed by atoms with Crippen molar-refractivity contribution in [2.45, 2.75) is 25.7 Å². The molecule has 3 aromatic rings. The minimum atomic E-state index is 0.226. The predicted octanol–water partition coefficient (Wildman–Crippen LogP) is 4.02. The monoisotopic (exact) mass is 403 g/mol. The summed E-state index contributed by atoms with van der Waals surface area (Å²) in [5.41, 5.74) is 4.97. The number of aromatic amines is 1. The summed E-state index contributed by atoms with van der Waals surface area (Å²) in [6, 6.07) is 14.7. The summed E-state index contributed by atoms with van der Waals surface area (Å²) in [6.07, 6.45) is 5.73. The number of methoxy groups -OCH3 is 1. The Morgan fingerprint density at radius 3 is 2.80 bits per heavy atom. The van der Waals surface area contributed by atoms with Gasteiger partial charge in [0.05, 0.1) is 13.5 Å². The third kappa shape index (κ3) is 3.64. The molecule has 5 nitrogen and oxygen atoms in total. The number of likely N-dealkylation sites (tertiary alicyclic amines) is 1. The van der Waals surface area contributed by atoms with Crippen molar-refractivity contribution >= 4 is 22.5 Å². The number of nitrogens with one attached hydrogen (secondary N) is 1. The lowest BCUT2D eigenvalue weighted by atomic mass is 9.95. The Kier molecular flexibility index (Phi) is 5.11. The van der Waals surface area contributed by atoms with Crippen LogP contribution in [-0.2, 0) is 17.6 Å². The second-order valence-electron chi connectivity index (χ2n) is 8.55. The van der Waals surface area contributed by atoms with Crippen LogP contribution in [0.3, 0.4) is 0 Å². The number of aromatic nitrogens is 1. The molecule has 1 amide bonds. The third-order valence-corrected chi connectivity index (χ3v) is 6.75. The highest BCUT2D eigenvalue weighted by Gasteiger charge is 2.27. The Hall–Kier alpha value is -2.95. The normalized spacial score (nSPS) is 16.8. The number of anilines is 1. The van der Waals surface area contributed by atoms with Gasteiger partial charge in [-0.05, 0) is 60.6 Å². The molecule has 0 radical (unpaired) electrons. The number of fused-ring (bicyclic) bond motifs is 2. The fraction of sp³-hybridized carbons (Fsp3) is 0.400. The fourth-order valence-electron chi connectivity index (χ4n) is 4.98. The fourth-order valence-corrected chi connectivity index (χ4v) is 4.98. The molecule has 2 aromatic carbocycles. The van der Waals surface area contributed by atoms with Crippen molar-refractivity contribution < 1.29 is 9.53 Å². The van der Waals surface area contributed by atoms with Crippen molar-refractivity contribution in [2.75, 3.05) is 38.2 Å². The minimum absolute atomic E-state index is 0.226. The maximum absolute atomic E-state index is 12.9. The molecule has 1 aromatic heterocycles. The van der Waals surface area contributed by atoms with E-state index in [0.29, 0.717) is 12.3 Å². The molecule has 0 atom stereocenters. The number of H-pyrrole nitrogens is 1. The largest absolute Gasteiger partial charge is 0.497 e. The van der Waals surface area contributed by atoms with Crippen LogP contribution in [0.5, 0.6) is 5.75 Å². The molecular weight excluding hydrogens is 374 g/mol. The zero-order chi connectivity index (χ0) is 20.5. The molecule has 1 N–H and O–H groups in total. The number of carbonyl (C=O) groups is 1. The van der Waals surface area contributed by atoms with Gasteiger partial charge in [0, 0.05) is 49.0 Å². The quantitative estimate of drug-likeness (QED) is 0.700. The number of amides is 1. The topological polar surface area (TPSA) is 48.6 Å². The van der Waals surface area contributed by atoms with E-state index in [1.807, 2.05) is 29.3 Å². The summed E-state index contributed by atoms with van der Waals surface area (Å²) in [5.74, 6) is 1.71. The lowest BCUT2D eigenvalue weighted by Crippen LogP contribution is -2.42. The highest BCUT2D eigenvalue weighted by Crippen LogP contribution is 2.30. The maximum atomic E-state index is 12.9. The van der Waals surface area contributed by atoms with E-state index in [9.17, 15) is 4.79 Å². The van der Waals surface area contributed by atoms with Crippen molar-refractivity contribution in [3.05, 3.63) is 59.8 Å². The lowest BCUT2D eigenvalue weighted by molar-refractivity contribution is -0.131. The molecule has 1 fully saturated rings. The van der Waals surface area contributed by atoms with Crippen molar-refractivity contribution in [3.8, 4) is 5.75 Å². The van der Waals surface area contributed by atoms with E-state index in [1.165, 1.54) is 11.3 Å². The second kappa shape index (κ2) is 8.05. The first-order chi connectivity index (χ1) is 14.7. The smallest absolute Gasteiger partial charge is 0.227 e. The number of benzene rings is 2. The van der Waals surface area contributed by atoms with Crippen molar-refractivity contribution in [1.82, 2.24) is 9.88 Å². The van der Waals surface area contributed by atoms with Crippen LogP contribution in [0.2, 0.25) is 0 Å². The van der Waals surface area contributed by atoms with E-state index in [-0.39, 0.29) is 5.91 Å². The number of piperidine rings is 1. The van der Waals surface area contributed by atoms with Crippen molar-refractivity contribution in [2.24, 2.45) is 5.92 Å². The molecule has 2 aliphatic rings. The van der Waals surface area contributed by atoms with Gasteiger partial charge < -0.3 is 19.5 Å². The first-order valence-electron chi connectivity index (χ1n) is 11.0. The predicted molar refractivity (Wildman–Crippen MR) is 120 cm³/mol. The van der Waals surface area contributed by atoms with E-state index >= 15 is 0 Å². The minimum Gasteiger partial charge on any atom is -0.497 e. The Labute approximate surface area is 177 Å². The SMILES string of the molecule is COc1ccc2[nH]cc(CC(=O)N3CCC(CN4CCc5ccccc54)CC3)c2c1. The molecule has 0 aliphatic carbocycles. The summed E-state index contributed by atoms with van der Waals surface area (Å²) in [7, 11) is 1.67. The highest BCUT2D eigenvalue weighted by molar-refractivity contribution is 5.89. The first-order valence-corrected chi connectivity index (χ1v) is 11.0. The third-order valence-electron chi connectivity index (χ3n) is 6.75. The molecule has 0 saturated carbocycles. The molecule has 30 heavy (non-hydrogen) atoms. The number of hydrogen-bond donors (Lipinski definition) is 1. The van der Waals surface area contributed by atoms with Gasteiger partial charge in [-0.1, -0.05) is 18.2 Å². The summed E-state index contributed by atoms with van der Waals surface area (Å²) >= 11 is 0. The van der Waals surface area contributed by atoms with E-state index in [1.54, 1.807) is 7.11 Å². The summed E-state index contributed by atoms with van der Waals surface area (Å²) < 4.78 is 5.34. The summed E-state index contributed by atoms with van der Waals surface area (Å²) in [6.45, 7) is 3.97. The standard InChI is InChI=1S/C25H29N3O2/c1-30-21-6-7-23-22(15-21)20(16-26-23)14-25(29)27-11-8-18(9-12-27)17-28-13-10-19-4-2-3-5-24(19)28/h2-7,15-16,18,26H,8-14,17H2,1H3. The van der Waals surface area contributed by atoms with Crippen LogP contribution in [0.25, 0.3) is 10.9 Å². The molecule has 3 heterocycles. The molecule has 5 heteroatoms. The number of para-hydroxylation sites is 1. The zero-order valence-electron chi connectivity index (χ0n) is 17.6. The molecule has 156 valence electrons. The molecule has 2 aliphatic heterocycles. The first kappa shape index (κ1) is 19.0. The Morgan fingerprint density at radius 1 is 1.13 bits per heavy atom. The van der Waals surface area contributed by atoms with Gasteiger partial charge in [0.2, 0.25) is 5.91 Å². The van der Waals surface area contributed by atoms with Crippen molar-refractivity contribution in [1.29, 1.82) is 0 Å². The Bertz CT molecular complexity index is 1050. The van der Waals surface area contributed by atoms with E-state index in [0.717, 1.165) is 67.7 Å². The summed E-state index contributed by atoms with van der Waals surface area (Å²) in [5, 5.41) is 1.07. The average Bonchev–Trinajstić information content (AvgIpc) is 3.38. The second-order valence-corrected chi connectivity index (χ2v) is 8.55. The van der Waals surface area contributed by atoms with E-state index in [2.05, 4.69) is 34.1 Å². The zero-order valence-corrected chi connectivity index (χ0v) is 17.6. The summed E-state index contributed by atoms with van der Waals surface area (Å²) in [4.78, 5) is 20.8. The highest BCUT2D eigenvalue weighted by atomic mass is 16.5. The van der Waals surface area contributed by atoms with Crippen LogP contribution >= 0.6 is 0 Å². The molecule has 0 spiro atoms. The number of carbonyl (C=O) groups excluding carboxylic acids is 1. The van der Waals surface area contributed by atoms with Gasteiger partial charge in [0.15, 0.2) is 0 Å². The number of hydrogen-bond acceptors (Lipinski definition) is 3. The van der Waals surface area contributed by atoms with Crippen LogP contribution < -0.4 is 9.64 Å². The van der Waals surface area contributed by atoms with Crippen LogP contribution in [0.15, 0.2) is 48.7 Å². The number of ether oxygens (including phenoxy) is 1. The van der Waals surface area contributed by atoms with Gasteiger partial charge in [-0.2, -0.15) is 0 Å². The van der Waals surface area contributed by atoms with Gasteiger partial charge >= 0.3 is 0 Å². The number of rotatable bonds is 5. The number of nitrogens with zero attached hydrogens (tertiary/aromatic N) is 2. The maximum Gasteiger partial charge on any atom is 0.227 e. The van der Waals surface area contributed by atoms with Gasteiger partial charge in [-0.15, -0.1) is 0 Å². The van der Waals surface area contributed by atoms with Gasteiger partial charge in [0.25, 0.3) is 0 Å². The van der Waals surface area contributed by atoms with Crippen LogP contribution in [-0.4, -0.2) is 49.1 Å². The van der Waals surface area contributed by atoms with Gasteiger partial charge in [-0.25, -0.2) is 0 Å². The van der Waals surface area contributed by atoms with Gasteiger partial charge in [0.1, 0.15) is 5.75 Å². The van der Waals surface area contributed by atoms with Crippen molar-refractivity contribution in [3.63, 3.8) is 0 Å². The van der Waals surface area contributed by atoms with Crippen LogP contribution in [0.1, 0.15) is 24.0 Å². The van der Waals surface area contributed by atoms with E-state index in [4.69, 9.17) is 4.74 Å². The molecule has 1 saturated heterocycles. The molecular formula is C25H29N3O2.